The highest BCUT2D eigenvalue weighted by molar-refractivity contribution is 5.97. The highest BCUT2D eigenvalue weighted by atomic mass is 16.1. The summed E-state index contributed by atoms with van der Waals surface area (Å²) in [6.45, 7) is 4.40. The number of nitrogens with two attached hydrogens (primary N) is 1. The van der Waals surface area contributed by atoms with Crippen LogP contribution in [0.2, 0.25) is 0 Å². The van der Waals surface area contributed by atoms with Gasteiger partial charge in [0.05, 0.1) is 5.52 Å². The van der Waals surface area contributed by atoms with Gasteiger partial charge in [-0.1, -0.05) is 13.3 Å². The van der Waals surface area contributed by atoms with E-state index >= 15 is 0 Å². The van der Waals surface area contributed by atoms with Crippen molar-refractivity contribution in [2.75, 3.05) is 18.0 Å². The monoisotopic (exact) mass is 311 g/mol. The fraction of sp³-hybridized carbons (Fsp3) is 0.474. The third-order valence-electron chi connectivity index (χ3n) is 4.61. The Kier molecular flexibility index (Phi) is 4.79. The molecule has 1 amide bonds. The van der Waals surface area contributed by atoms with Gasteiger partial charge in [0.2, 0.25) is 5.91 Å². The molecule has 1 aliphatic rings. The Morgan fingerprint density at radius 2 is 2.00 bits per heavy atom. The molecule has 0 spiro atoms. The van der Waals surface area contributed by atoms with Crippen LogP contribution in [0.3, 0.4) is 0 Å². The number of anilines is 1. The van der Waals surface area contributed by atoms with E-state index in [4.69, 9.17) is 10.7 Å². The fourth-order valence-electron chi connectivity index (χ4n) is 3.29. The average molecular weight is 311 g/mol. The maximum atomic E-state index is 11.4. The smallest absolute Gasteiger partial charge is 0.248 e. The zero-order chi connectivity index (χ0) is 16.2. The SMILES string of the molecule is CCCCc1cc2cc(C(N)=O)ccc2nc1N1CCCCC1. The number of unbranched alkanes of at least 4 members (excludes halogenated alkanes) is 1. The number of primary amides is 1. The zero-order valence-corrected chi connectivity index (χ0v) is 13.8. The molecule has 0 bridgehead atoms. The summed E-state index contributed by atoms with van der Waals surface area (Å²) in [5, 5.41) is 1.01. The van der Waals surface area contributed by atoms with Gasteiger partial charge in [-0.05, 0) is 61.9 Å². The van der Waals surface area contributed by atoms with E-state index in [1.165, 1.54) is 31.2 Å². The van der Waals surface area contributed by atoms with E-state index in [1.54, 1.807) is 6.07 Å². The predicted octanol–water partition coefficient (Wildman–Crippen LogP) is 3.67. The van der Waals surface area contributed by atoms with Crippen LogP contribution in [0.25, 0.3) is 10.9 Å². The molecule has 0 aliphatic carbocycles. The second-order valence-corrected chi connectivity index (χ2v) is 6.39. The molecule has 4 heteroatoms. The minimum absolute atomic E-state index is 0.387. The van der Waals surface area contributed by atoms with Crippen molar-refractivity contribution in [1.29, 1.82) is 0 Å². The number of hydrogen-bond acceptors (Lipinski definition) is 3. The van der Waals surface area contributed by atoms with Crippen LogP contribution in [0.4, 0.5) is 5.82 Å². The lowest BCUT2D eigenvalue weighted by Gasteiger charge is -2.30. The van der Waals surface area contributed by atoms with Crippen LogP contribution in [0.15, 0.2) is 24.3 Å². The standard InChI is InChI=1S/C19H25N3O/c1-2-3-7-15-13-16-12-14(18(20)23)8-9-17(16)21-19(15)22-10-5-4-6-11-22/h8-9,12-13H,2-7,10-11H2,1H3,(H2,20,23). The molecular weight excluding hydrogens is 286 g/mol. The first kappa shape index (κ1) is 15.8. The summed E-state index contributed by atoms with van der Waals surface area (Å²) in [6, 6.07) is 7.74. The lowest BCUT2D eigenvalue weighted by Crippen LogP contribution is -2.31. The summed E-state index contributed by atoms with van der Waals surface area (Å²) in [5.41, 5.74) is 8.18. The van der Waals surface area contributed by atoms with Gasteiger partial charge < -0.3 is 10.6 Å². The molecule has 2 aromatic rings. The van der Waals surface area contributed by atoms with Crippen molar-refractivity contribution in [2.45, 2.75) is 45.4 Å². The van der Waals surface area contributed by atoms with Gasteiger partial charge in [0, 0.05) is 24.0 Å². The average Bonchev–Trinajstić information content (AvgIpc) is 2.59. The minimum atomic E-state index is -0.387. The highest BCUT2D eigenvalue weighted by Gasteiger charge is 2.17. The Labute approximate surface area is 137 Å². The Morgan fingerprint density at radius 1 is 1.22 bits per heavy atom. The lowest BCUT2D eigenvalue weighted by molar-refractivity contribution is 0.100. The number of piperidine rings is 1. The summed E-state index contributed by atoms with van der Waals surface area (Å²) < 4.78 is 0. The molecule has 23 heavy (non-hydrogen) atoms. The normalized spacial score (nSPS) is 15.1. The number of aryl methyl sites for hydroxylation is 1. The molecule has 1 aromatic carbocycles. The van der Waals surface area contributed by atoms with Crippen molar-refractivity contribution in [3.8, 4) is 0 Å². The van der Waals surface area contributed by atoms with Crippen LogP contribution >= 0.6 is 0 Å². The molecule has 0 atom stereocenters. The highest BCUT2D eigenvalue weighted by Crippen LogP contribution is 2.28. The van der Waals surface area contributed by atoms with E-state index in [0.29, 0.717) is 5.56 Å². The van der Waals surface area contributed by atoms with Crippen LogP contribution in [0.1, 0.15) is 54.9 Å². The van der Waals surface area contributed by atoms with Gasteiger partial charge in [-0.15, -0.1) is 0 Å². The molecule has 1 aliphatic heterocycles. The topological polar surface area (TPSA) is 59.2 Å². The third-order valence-corrected chi connectivity index (χ3v) is 4.61. The summed E-state index contributed by atoms with van der Waals surface area (Å²) in [7, 11) is 0. The third kappa shape index (κ3) is 3.46. The molecular formula is C19H25N3O. The van der Waals surface area contributed by atoms with Crippen molar-refractivity contribution in [3.05, 3.63) is 35.4 Å². The largest absolute Gasteiger partial charge is 0.366 e. The Bertz CT molecular complexity index is 705. The molecule has 2 heterocycles. The zero-order valence-electron chi connectivity index (χ0n) is 13.8. The van der Waals surface area contributed by atoms with Crippen LogP contribution in [-0.4, -0.2) is 24.0 Å². The van der Waals surface area contributed by atoms with Crippen molar-refractivity contribution in [1.82, 2.24) is 4.98 Å². The molecule has 2 N–H and O–H groups in total. The number of fused-ring (bicyclic) bond motifs is 1. The van der Waals surface area contributed by atoms with E-state index in [0.717, 1.165) is 42.7 Å². The summed E-state index contributed by atoms with van der Waals surface area (Å²) in [4.78, 5) is 18.8. The number of nitrogens with zero attached hydrogens (tertiary/aromatic N) is 2. The molecule has 1 saturated heterocycles. The first-order valence-electron chi connectivity index (χ1n) is 8.67. The Morgan fingerprint density at radius 3 is 2.70 bits per heavy atom. The van der Waals surface area contributed by atoms with Gasteiger partial charge in [0.1, 0.15) is 5.82 Å². The van der Waals surface area contributed by atoms with Crippen molar-refractivity contribution in [2.24, 2.45) is 5.73 Å². The van der Waals surface area contributed by atoms with Gasteiger partial charge in [-0.2, -0.15) is 0 Å². The Hall–Kier alpha value is -2.10. The van der Waals surface area contributed by atoms with Gasteiger partial charge in [0.15, 0.2) is 0 Å². The lowest BCUT2D eigenvalue weighted by atomic mass is 10.0. The molecule has 0 saturated carbocycles. The van der Waals surface area contributed by atoms with Crippen molar-refractivity contribution < 1.29 is 4.79 Å². The van der Waals surface area contributed by atoms with Crippen LogP contribution in [0.5, 0.6) is 0 Å². The van der Waals surface area contributed by atoms with E-state index in [2.05, 4.69) is 17.9 Å². The number of pyridine rings is 1. The molecule has 3 rings (SSSR count). The Balaban J connectivity index is 2.05. The van der Waals surface area contributed by atoms with Crippen LogP contribution in [-0.2, 0) is 6.42 Å². The second-order valence-electron chi connectivity index (χ2n) is 6.39. The quantitative estimate of drug-likeness (QED) is 0.916. The number of carbonyl (C=O) groups excluding carboxylic acids is 1. The van der Waals surface area contributed by atoms with Crippen molar-refractivity contribution in [3.63, 3.8) is 0 Å². The van der Waals surface area contributed by atoms with Crippen LogP contribution in [0, 0.1) is 0 Å². The second kappa shape index (κ2) is 6.99. The number of aromatic nitrogens is 1. The maximum absolute atomic E-state index is 11.4. The number of hydrogen-bond donors (Lipinski definition) is 1. The molecule has 1 fully saturated rings. The molecule has 122 valence electrons. The van der Waals surface area contributed by atoms with Crippen molar-refractivity contribution >= 4 is 22.6 Å². The molecule has 4 nitrogen and oxygen atoms in total. The molecule has 0 radical (unpaired) electrons. The summed E-state index contributed by atoms with van der Waals surface area (Å²) >= 11 is 0. The first-order valence-corrected chi connectivity index (χ1v) is 8.67. The van der Waals surface area contributed by atoms with Gasteiger partial charge in [-0.3, -0.25) is 4.79 Å². The van der Waals surface area contributed by atoms with Gasteiger partial charge in [-0.25, -0.2) is 4.98 Å². The number of amides is 1. The minimum Gasteiger partial charge on any atom is -0.366 e. The van der Waals surface area contributed by atoms with E-state index < -0.39 is 0 Å². The van der Waals surface area contributed by atoms with Gasteiger partial charge >= 0.3 is 0 Å². The molecule has 0 unspecified atom stereocenters. The summed E-state index contributed by atoms with van der Waals surface area (Å²) in [5.74, 6) is 0.750. The van der Waals surface area contributed by atoms with E-state index in [9.17, 15) is 4.79 Å². The first-order chi connectivity index (χ1) is 11.2. The number of benzene rings is 1. The van der Waals surface area contributed by atoms with Gasteiger partial charge in [0.25, 0.3) is 0 Å². The number of rotatable bonds is 5. The maximum Gasteiger partial charge on any atom is 0.248 e. The summed E-state index contributed by atoms with van der Waals surface area (Å²) in [6.07, 6.45) is 7.16. The number of carbonyl (C=O) groups is 1. The fourth-order valence-corrected chi connectivity index (χ4v) is 3.29. The predicted molar refractivity (Wildman–Crippen MR) is 94.9 cm³/mol. The molecule has 1 aromatic heterocycles. The van der Waals surface area contributed by atoms with Crippen LogP contribution < -0.4 is 10.6 Å². The van der Waals surface area contributed by atoms with E-state index in [-0.39, 0.29) is 5.91 Å². The van der Waals surface area contributed by atoms with E-state index in [1.807, 2.05) is 12.1 Å².